The number of carbonyl (C=O) groups is 2. The maximum Gasteiger partial charge on any atom is 0.358 e. The molecule has 20 heavy (non-hydrogen) atoms. The number of hydrogen-bond acceptors (Lipinski definition) is 5. The second-order valence-corrected chi connectivity index (χ2v) is 5.29. The lowest BCUT2D eigenvalue weighted by molar-refractivity contribution is 0.0591. The van der Waals surface area contributed by atoms with Crippen molar-refractivity contribution in [2.45, 2.75) is 20.3 Å². The molecule has 0 radical (unpaired) electrons. The minimum Gasteiger partial charge on any atom is -0.464 e. The zero-order valence-electron chi connectivity index (χ0n) is 11.6. The Bertz CT molecular complexity index is 644. The number of aryl methyl sites for hydroxylation is 1. The first-order valence-electron chi connectivity index (χ1n) is 6.26. The number of nitrogens with zero attached hydrogens (tertiary/aromatic N) is 1. The fourth-order valence-corrected chi connectivity index (χ4v) is 2.75. The highest BCUT2D eigenvalue weighted by atomic mass is 32.1. The topological polar surface area (TPSA) is 56.3 Å². The van der Waals surface area contributed by atoms with Crippen LogP contribution in [0, 0.1) is 0 Å². The van der Waals surface area contributed by atoms with E-state index in [9.17, 15) is 9.59 Å². The average molecular weight is 289 g/mol. The normalized spacial score (nSPS) is 10.3. The third kappa shape index (κ3) is 2.77. The molecule has 0 spiro atoms. The van der Waals surface area contributed by atoms with E-state index in [2.05, 4.69) is 16.6 Å². The van der Waals surface area contributed by atoms with Gasteiger partial charge >= 0.3 is 5.97 Å². The Balaban J connectivity index is 2.46. The van der Waals surface area contributed by atoms with Crippen LogP contribution >= 0.6 is 11.3 Å². The molecule has 4 nitrogen and oxygen atoms in total. The molecule has 0 saturated carbocycles. The summed E-state index contributed by atoms with van der Waals surface area (Å²) in [5, 5.41) is 0.651. The number of hydrogen-bond donors (Lipinski definition) is 0. The van der Waals surface area contributed by atoms with Gasteiger partial charge in [-0.3, -0.25) is 4.79 Å². The van der Waals surface area contributed by atoms with Gasteiger partial charge in [-0.15, -0.1) is 11.3 Å². The minimum atomic E-state index is -0.581. The molecule has 2 rings (SSSR count). The van der Waals surface area contributed by atoms with Gasteiger partial charge in [-0.25, -0.2) is 9.78 Å². The van der Waals surface area contributed by atoms with Crippen molar-refractivity contribution >= 4 is 23.1 Å². The summed E-state index contributed by atoms with van der Waals surface area (Å²) in [6.07, 6.45) is 0.963. The number of esters is 1. The highest BCUT2D eigenvalue weighted by Crippen LogP contribution is 2.29. The first-order valence-corrected chi connectivity index (χ1v) is 7.07. The molecule has 1 aromatic heterocycles. The van der Waals surface area contributed by atoms with Crippen LogP contribution in [0.25, 0.3) is 10.6 Å². The fourth-order valence-electron chi connectivity index (χ4n) is 1.80. The molecule has 0 unspecified atom stereocenters. The van der Waals surface area contributed by atoms with Crippen molar-refractivity contribution in [2.24, 2.45) is 0 Å². The van der Waals surface area contributed by atoms with E-state index in [-0.39, 0.29) is 11.5 Å². The Morgan fingerprint density at radius 1 is 1.25 bits per heavy atom. The van der Waals surface area contributed by atoms with Gasteiger partial charge in [0.25, 0.3) is 0 Å². The van der Waals surface area contributed by atoms with E-state index in [4.69, 9.17) is 0 Å². The van der Waals surface area contributed by atoms with Crippen molar-refractivity contribution in [1.29, 1.82) is 0 Å². The molecular weight excluding hydrogens is 274 g/mol. The summed E-state index contributed by atoms with van der Waals surface area (Å²) in [6, 6.07) is 7.93. The number of rotatable bonds is 4. The van der Waals surface area contributed by atoms with Crippen LogP contribution in [0.15, 0.2) is 24.3 Å². The number of ether oxygens (including phenoxy) is 1. The van der Waals surface area contributed by atoms with Crippen molar-refractivity contribution < 1.29 is 14.3 Å². The molecule has 0 saturated heterocycles. The van der Waals surface area contributed by atoms with E-state index in [1.807, 2.05) is 24.3 Å². The van der Waals surface area contributed by atoms with Crippen LogP contribution in [-0.4, -0.2) is 23.8 Å². The standard InChI is InChI=1S/C15H15NO3S/c1-4-10-5-7-11(8-6-10)14-16-12(15(18)19-3)13(20-14)9(2)17/h5-8H,4H2,1-3H3. The Kier molecular flexibility index (Phi) is 4.29. The zero-order chi connectivity index (χ0) is 14.7. The van der Waals surface area contributed by atoms with Crippen LogP contribution in [0.1, 0.15) is 39.6 Å². The van der Waals surface area contributed by atoms with Gasteiger partial charge in [0.15, 0.2) is 11.5 Å². The van der Waals surface area contributed by atoms with Gasteiger partial charge in [0.05, 0.1) is 7.11 Å². The number of Topliss-reactive ketones (excluding diaryl/α,β-unsaturated/α-hetero) is 1. The van der Waals surface area contributed by atoms with Crippen molar-refractivity contribution in [1.82, 2.24) is 4.98 Å². The maximum absolute atomic E-state index is 11.7. The molecule has 0 aliphatic heterocycles. The third-order valence-corrected chi connectivity index (χ3v) is 4.14. The van der Waals surface area contributed by atoms with Gasteiger partial charge in [-0.05, 0) is 12.0 Å². The number of carbonyl (C=O) groups excluding carboxylic acids is 2. The Labute approximate surface area is 121 Å². The predicted molar refractivity (Wildman–Crippen MR) is 78.3 cm³/mol. The van der Waals surface area contributed by atoms with Crippen LogP contribution in [0.2, 0.25) is 0 Å². The summed E-state index contributed by atoms with van der Waals surface area (Å²) in [6.45, 7) is 3.51. The van der Waals surface area contributed by atoms with Crippen molar-refractivity contribution in [3.63, 3.8) is 0 Å². The lowest BCUT2D eigenvalue weighted by atomic mass is 10.1. The molecule has 2 aromatic rings. The van der Waals surface area contributed by atoms with Gasteiger partial charge in [0.1, 0.15) is 9.88 Å². The monoisotopic (exact) mass is 289 g/mol. The number of methoxy groups -OCH3 is 1. The smallest absolute Gasteiger partial charge is 0.358 e. The molecular formula is C15H15NO3S. The van der Waals surface area contributed by atoms with E-state index < -0.39 is 5.97 Å². The summed E-state index contributed by atoms with van der Waals surface area (Å²) in [7, 11) is 1.28. The second kappa shape index (κ2) is 5.96. The van der Waals surface area contributed by atoms with E-state index >= 15 is 0 Å². The molecule has 0 aliphatic carbocycles. The summed E-state index contributed by atoms with van der Waals surface area (Å²) in [5.74, 6) is -0.762. The maximum atomic E-state index is 11.7. The molecule has 0 fully saturated rings. The number of benzene rings is 1. The van der Waals surface area contributed by atoms with Crippen LogP contribution in [0.5, 0.6) is 0 Å². The van der Waals surface area contributed by atoms with E-state index in [0.29, 0.717) is 9.88 Å². The van der Waals surface area contributed by atoms with Gasteiger partial charge < -0.3 is 4.74 Å². The van der Waals surface area contributed by atoms with E-state index in [1.165, 1.54) is 30.9 Å². The Morgan fingerprint density at radius 3 is 2.40 bits per heavy atom. The number of thiazole rings is 1. The summed E-state index contributed by atoms with van der Waals surface area (Å²) in [5.41, 5.74) is 2.22. The summed E-state index contributed by atoms with van der Waals surface area (Å²) in [4.78, 5) is 27.8. The van der Waals surface area contributed by atoms with Crippen LogP contribution in [-0.2, 0) is 11.2 Å². The highest BCUT2D eigenvalue weighted by Gasteiger charge is 2.22. The van der Waals surface area contributed by atoms with E-state index in [1.54, 1.807) is 0 Å². The van der Waals surface area contributed by atoms with Crippen molar-refractivity contribution in [3.05, 3.63) is 40.4 Å². The van der Waals surface area contributed by atoms with Crippen LogP contribution in [0.3, 0.4) is 0 Å². The van der Waals surface area contributed by atoms with Crippen molar-refractivity contribution in [3.8, 4) is 10.6 Å². The predicted octanol–water partition coefficient (Wildman–Crippen LogP) is 3.36. The molecule has 0 aliphatic rings. The summed E-state index contributed by atoms with van der Waals surface area (Å²) >= 11 is 1.22. The lowest BCUT2D eigenvalue weighted by Crippen LogP contribution is -2.06. The van der Waals surface area contributed by atoms with Gasteiger partial charge in [-0.1, -0.05) is 31.2 Å². The van der Waals surface area contributed by atoms with Gasteiger partial charge in [-0.2, -0.15) is 0 Å². The SMILES string of the molecule is CCc1ccc(-c2nc(C(=O)OC)c(C(C)=O)s2)cc1. The molecule has 1 heterocycles. The first kappa shape index (κ1) is 14.4. The van der Waals surface area contributed by atoms with Crippen LogP contribution < -0.4 is 0 Å². The third-order valence-electron chi connectivity index (χ3n) is 2.93. The lowest BCUT2D eigenvalue weighted by Gasteiger charge is -1.98. The largest absolute Gasteiger partial charge is 0.464 e. The summed E-state index contributed by atoms with van der Waals surface area (Å²) < 4.78 is 4.67. The Hall–Kier alpha value is -2.01. The molecule has 0 atom stereocenters. The molecule has 0 N–H and O–H groups in total. The molecule has 0 bridgehead atoms. The first-order chi connectivity index (χ1) is 9.56. The zero-order valence-corrected chi connectivity index (χ0v) is 12.4. The molecule has 5 heteroatoms. The second-order valence-electron chi connectivity index (χ2n) is 4.29. The minimum absolute atomic E-state index is 0.0968. The highest BCUT2D eigenvalue weighted by molar-refractivity contribution is 7.17. The number of ketones is 1. The van der Waals surface area contributed by atoms with Gasteiger partial charge in [0.2, 0.25) is 0 Å². The van der Waals surface area contributed by atoms with Crippen LogP contribution in [0.4, 0.5) is 0 Å². The Morgan fingerprint density at radius 2 is 1.90 bits per heavy atom. The van der Waals surface area contributed by atoms with Crippen molar-refractivity contribution in [2.75, 3.05) is 7.11 Å². The molecule has 0 amide bonds. The van der Waals surface area contributed by atoms with Gasteiger partial charge in [0, 0.05) is 12.5 Å². The number of aromatic nitrogens is 1. The average Bonchev–Trinajstić information content (AvgIpc) is 2.92. The van der Waals surface area contributed by atoms with E-state index in [0.717, 1.165) is 12.0 Å². The molecule has 104 valence electrons. The quantitative estimate of drug-likeness (QED) is 0.639. The molecule has 1 aromatic carbocycles. The fraction of sp³-hybridized carbons (Fsp3) is 0.267.